The lowest BCUT2D eigenvalue weighted by Gasteiger charge is -2.46. The molecule has 0 aliphatic carbocycles. The minimum Gasteiger partial charge on any atom is -0.314 e. The van der Waals surface area contributed by atoms with Gasteiger partial charge in [-0.1, -0.05) is 13.8 Å². The highest BCUT2D eigenvalue weighted by atomic mass is 15.3. The predicted molar refractivity (Wildman–Crippen MR) is 78.0 cm³/mol. The van der Waals surface area contributed by atoms with E-state index in [2.05, 4.69) is 42.8 Å². The molecule has 0 radical (unpaired) electrons. The van der Waals surface area contributed by atoms with E-state index in [1.807, 2.05) is 0 Å². The molecule has 3 heteroatoms. The summed E-state index contributed by atoms with van der Waals surface area (Å²) in [6.45, 7) is 18.1. The first kappa shape index (κ1) is 14.3. The van der Waals surface area contributed by atoms with Gasteiger partial charge in [-0.15, -0.1) is 0 Å². The molecule has 0 aromatic carbocycles. The van der Waals surface area contributed by atoms with Crippen LogP contribution < -0.4 is 5.32 Å². The van der Waals surface area contributed by atoms with Crippen LogP contribution in [0.5, 0.6) is 0 Å². The van der Waals surface area contributed by atoms with Crippen molar-refractivity contribution in [3.63, 3.8) is 0 Å². The van der Waals surface area contributed by atoms with Crippen LogP contribution in [0.15, 0.2) is 0 Å². The van der Waals surface area contributed by atoms with Gasteiger partial charge < -0.3 is 10.2 Å². The first-order chi connectivity index (χ1) is 8.39. The van der Waals surface area contributed by atoms with Crippen LogP contribution in [-0.4, -0.2) is 61.2 Å². The van der Waals surface area contributed by atoms with E-state index in [-0.39, 0.29) is 0 Å². The molecule has 0 unspecified atom stereocenters. The van der Waals surface area contributed by atoms with E-state index in [0.29, 0.717) is 11.0 Å². The van der Waals surface area contributed by atoms with Crippen LogP contribution in [0.2, 0.25) is 0 Å². The molecule has 0 atom stereocenters. The average molecular weight is 253 g/mol. The molecule has 2 aliphatic heterocycles. The highest BCUT2D eigenvalue weighted by Crippen LogP contribution is 2.30. The number of hydrogen-bond donors (Lipinski definition) is 1. The van der Waals surface area contributed by atoms with Crippen LogP contribution in [0.1, 0.15) is 40.5 Å². The fourth-order valence-electron chi connectivity index (χ4n) is 3.23. The van der Waals surface area contributed by atoms with Gasteiger partial charge in [0.15, 0.2) is 0 Å². The predicted octanol–water partition coefficient (Wildman–Crippen LogP) is 1.79. The summed E-state index contributed by atoms with van der Waals surface area (Å²) < 4.78 is 0. The molecule has 2 saturated heterocycles. The zero-order chi connectivity index (χ0) is 13.2. The van der Waals surface area contributed by atoms with E-state index in [4.69, 9.17) is 0 Å². The van der Waals surface area contributed by atoms with Gasteiger partial charge in [0.2, 0.25) is 0 Å². The second-order valence-corrected chi connectivity index (χ2v) is 7.49. The molecule has 2 aliphatic rings. The van der Waals surface area contributed by atoms with E-state index in [1.54, 1.807) is 0 Å². The summed E-state index contributed by atoms with van der Waals surface area (Å²) in [4.78, 5) is 5.33. The SMILES string of the molecule is CC1(C)CCN(CC(C)(C)N2CCNCC2)CC1. The summed E-state index contributed by atoms with van der Waals surface area (Å²) in [5.74, 6) is 0. The third-order valence-corrected chi connectivity index (χ3v) is 4.79. The molecule has 2 heterocycles. The second-order valence-electron chi connectivity index (χ2n) is 7.49. The molecule has 2 rings (SSSR count). The van der Waals surface area contributed by atoms with E-state index in [0.717, 1.165) is 13.1 Å². The van der Waals surface area contributed by atoms with Crippen molar-refractivity contribution in [1.29, 1.82) is 0 Å². The topological polar surface area (TPSA) is 18.5 Å². The Labute approximate surface area is 113 Å². The molecule has 0 spiro atoms. The number of piperidine rings is 1. The number of nitrogens with one attached hydrogen (secondary N) is 1. The first-order valence-corrected chi connectivity index (χ1v) is 7.57. The monoisotopic (exact) mass is 253 g/mol. The fourth-order valence-corrected chi connectivity index (χ4v) is 3.23. The van der Waals surface area contributed by atoms with Crippen molar-refractivity contribution < 1.29 is 0 Å². The summed E-state index contributed by atoms with van der Waals surface area (Å²) >= 11 is 0. The number of likely N-dealkylation sites (tertiary alicyclic amines) is 1. The number of piperazine rings is 1. The van der Waals surface area contributed by atoms with E-state index >= 15 is 0 Å². The molecular weight excluding hydrogens is 222 g/mol. The fraction of sp³-hybridized carbons (Fsp3) is 1.00. The standard InChI is InChI=1S/C15H31N3/c1-14(2)5-9-17(10-6-14)13-15(3,4)18-11-7-16-8-12-18/h16H,5-13H2,1-4H3. The normalized spacial score (nSPS) is 27.3. The quantitative estimate of drug-likeness (QED) is 0.827. The highest BCUT2D eigenvalue weighted by molar-refractivity contribution is 4.89. The van der Waals surface area contributed by atoms with Crippen LogP contribution in [0.3, 0.4) is 0 Å². The van der Waals surface area contributed by atoms with Crippen LogP contribution >= 0.6 is 0 Å². The zero-order valence-electron chi connectivity index (χ0n) is 12.8. The van der Waals surface area contributed by atoms with Gasteiger partial charge in [0.1, 0.15) is 0 Å². The molecule has 0 bridgehead atoms. The van der Waals surface area contributed by atoms with Crippen LogP contribution in [0, 0.1) is 5.41 Å². The lowest BCUT2D eigenvalue weighted by molar-refractivity contribution is 0.0394. The van der Waals surface area contributed by atoms with Crippen molar-refractivity contribution >= 4 is 0 Å². The van der Waals surface area contributed by atoms with Crippen molar-refractivity contribution in [3.8, 4) is 0 Å². The average Bonchev–Trinajstić information content (AvgIpc) is 2.33. The van der Waals surface area contributed by atoms with Crippen LogP contribution in [-0.2, 0) is 0 Å². The summed E-state index contributed by atoms with van der Waals surface area (Å²) in [6, 6.07) is 0. The number of rotatable bonds is 3. The Morgan fingerprint density at radius 3 is 2.11 bits per heavy atom. The van der Waals surface area contributed by atoms with Crippen molar-refractivity contribution in [2.75, 3.05) is 45.8 Å². The molecule has 106 valence electrons. The van der Waals surface area contributed by atoms with Gasteiger partial charge in [0, 0.05) is 38.3 Å². The number of hydrogen-bond acceptors (Lipinski definition) is 3. The Hall–Kier alpha value is -0.120. The Morgan fingerprint density at radius 1 is 1.00 bits per heavy atom. The maximum atomic E-state index is 3.45. The lowest BCUT2D eigenvalue weighted by Crippen LogP contribution is -2.58. The molecule has 2 fully saturated rings. The van der Waals surface area contributed by atoms with E-state index < -0.39 is 0 Å². The molecule has 0 aromatic rings. The molecule has 3 nitrogen and oxygen atoms in total. The second kappa shape index (κ2) is 5.48. The molecule has 1 N–H and O–H groups in total. The molecular formula is C15H31N3. The van der Waals surface area contributed by atoms with Crippen molar-refractivity contribution in [2.24, 2.45) is 5.41 Å². The largest absolute Gasteiger partial charge is 0.314 e. The van der Waals surface area contributed by atoms with Crippen LogP contribution in [0.4, 0.5) is 0 Å². The van der Waals surface area contributed by atoms with Gasteiger partial charge in [-0.25, -0.2) is 0 Å². The number of nitrogens with zero attached hydrogens (tertiary/aromatic N) is 2. The third-order valence-electron chi connectivity index (χ3n) is 4.79. The van der Waals surface area contributed by atoms with Crippen molar-refractivity contribution in [3.05, 3.63) is 0 Å². The summed E-state index contributed by atoms with van der Waals surface area (Å²) in [5, 5.41) is 3.45. The van der Waals surface area contributed by atoms with Crippen molar-refractivity contribution in [2.45, 2.75) is 46.1 Å². The Bertz CT molecular complexity index is 257. The molecule has 0 saturated carbocycles. The first-order valence-electron chi connectivity index (χ1n) is 7.57. The Balaban J connectivity index is 1.84. The molecule has 18 heavy (non-hydrogen) atoms. The van der Waals surface area contributed by atoms with Crippen molar-refractivity contribution in [1.82, 2.24) is 15.1 Å². The van der Waals surface area contributed by atoms with Crippen LogP contribution in [0.25, 0.3) is 0 Å². The van der Waals surface area contributed by atoms with Gasteiger partial charge in [-0.3, -0.25) is 4.90 Å². The Morgan fingerprint density at radius 2 is 1.56 bits per heavy atom. The van der Waals surface area contributed by atoms with Gasteiger partial charge in [-0.05, 0) is 45.2 Å². The van der Waals surface area contributed by atoms with Gasteiger partial charge in [0.25, 0.3) is 0 Å². The maximum Gasteiger partial charge on any atom is 0.0281 e. The van der Waals surface area contributed by atoms with Gasteiger partial charge >= 0.3 is 0 Å². The smallest absolute Gasteiger partial charge is 0.0281 e. The van der Waals surface area contributed by atoms with E-state index in [9.17, 15) is 0 Å². The minimum atomic E-state index is 0.323. The summed E-state index contributed by atoms with van der Waals surface area (Å²) in [5.41, 5.74) is 0.888. The minimum absolute atomic E-state index is 0.323. The maximum absolute atomic E-state index is 3.45. The van der Waals surface area contributed by atoms with Gasteiger partial charge in [-0.2, -0.15) is 0 Å². The molecule has 0 amide bonds. The van der Waals surface area contributed by atoms with Gasteiger partial charge in [0.05, 0.1) is 0 Å². The Kier molecular flexibility index (Phi) is 4.35. The summed E-state index contributed by atoms with van der Waals surface area (Å²) in [6.07, 6.45) is 2.70. The zero-order valence-corrected chi connectivity index (χ0v) is 12.8. The highest BCUT2D eigenvalue weighted by Gasteiger charge is 2.32. The summed E-state index contributed by atoms with van der Waals surface area (Å²) in [7, 11) is 0. The third kappa shape index (κ3) is 3.69. The van der Waals surface area contributed by atoms with E-state index in [1.165, 1.54) is 45.6 Å². The molecule has 0 aromatic heterocycles. The lowest BCUT2D eigenvalue weighted by atomic mass is 9.82.